The first-order valence-corrected chi connectivity index (χ1v) is 4.73. The second-order valence-corrected chi connectivity index (χ2v) is 5.29. The molecular weight excluding hydrogens is 202 g/mol. The fourth-order valence-corrected chi connectivity index (χ4v) is 3.00. The van der Waals surface area contributed by atoms with Crippen LogP contribution in [0.3, 0.4) is 0 Å². The van der Waals surface area contributed by atoms with E-state index in [4.69, 9.17) is 10.5 Å². The Balaban J connectivity index is 0.000000980. The molecule has 14 heavy (non-hydrogen) atoms. The summed E-state index contributed by atoms with van der Waals surface area (Å²) in [5, 5.41) is 0. The van der Waals surface area contributed by atoms with Gasteiger partial charge in [0.15, 0.2) is 0 Å². The molecule has 3 fully saturated rings. The summed E-state index contributed by atoms with van der Waals surface area (Å²) in [5.74, 6) is -0.103. The van der Waals surface area contributed by atoms with Gasteiger partial charge in [0.2, 0.25) is 0 Å². The number of hydrogen-bond donors (Lipinski definition) is 1. The Morgan fingerprint density at radius 3 is 2.07 bits per heavy atom. The molecule has 2 bridgehead atoms. The van der Waals surface area contributed by atoms with Crippen LogP contribution in [0.1, 0.15) is 33.1 Å². The third-order valence-corrected chi connectivity index (χ3v) is 4.09. The number of hydrogen-bond acceptors (Lipinski definition) is 3. The minimum absolute atomic E-state index is 0. The van der Waals surface area contributed by atoms with Gasteiger partial charge in [0.1, 0.15) is 0 Å². The van der Waals surface area contributed by atoms with E-state index in [1.165, 1.54) is 7.11 Å². The summed E-state index contributed by atoms with van der Waals surface area (Å²) in [7, 11) is 1.45. The quantitative estimate of drug-likeness (QED) is 0.716. The molecule has 0 amide bonds. The molecule has 2 N–H and O–H groups in total. The Kier molecular flexibility index (Phi) is 2.41. The largest absolute Gasteiger partial charge is 0.469 e. The Labute approximate surface area is 90.8 Å². The Bertz CT molecular complexity index is 256. The standard InChI is InChI=1S/C10H17NO2.ClH/c1-8(2,7(12)13-3)9-4-10(11,5-9)6-9;/h4-6,11H2,1-3H3;1H. The highest BCUT2D eigenvalue weighted by atomic mass is 35.5. The molecule has 3 aliphatic rings. The van der Waals surface area contributed by atoms with Crippen LogP contribution in [0.2, 0.25) is 0 Å². The van der Waals surface area contributed by atoms with Crippen LogP contribution in [0.5, 0.6) is 0 Å². The topological polar surface area (TPSA) is 52.3 Å². The third-order valence-electron chi connectivity index (χ3n) is 4.09. The zero-order chi connectivity index (χ0) is 9.91. The Morgan fingerprint density at radius 1 is 1.36 bits per heavy atom. The van der Waals surface area contributed by atoms with Crippen molar-refractivity contribution in [2.45, 2.75) is 38.6 Å². The highest BCUT2D eigenvalue weighted by Crippen LogP contribution is 2.73. The van der Waals surface area contributed by atoms with Crippen molar-refractivity contribution >= 4 is 18.4 Å². The summed E-state index contributed by atoms with van der Waals surface area (Å²) in [5.41, 5.74) is 5.81. The van der Waals surface area contributed by atoms with Gasteiger partial charge in [-0.2, -0.15) is 0 Å². The van der Waals surface area contributed by atoms with Gasteiger partial charge in [-0.15, -0.1) is 12.4 Å². The lowest BCUT2D eigenvalue weighted by Crippen LogP contribution is -2.77. The van der Waals surface area contributed by atoms with Crippen molar-refractivity contribution in [2.75, 3.05) is 7.11 Å². The van der Waals surface area contributed by atoms with Gasteiger partial charge in [-0.25, -0.2) is 0 Å². The Morgan fingerprint density at radius 2 is 1.79 bits per heavy atom. The Hall–Kier alpha value is -0.280. The summed E-state index contributed by atoms with van der Waals surface area (Å²) in [4.78, 5) is 11.5. The summed E-state index contributed by atoms with van der Waals surface area (Å²) in [6.45, 7) is 3.94. The lowest BCUT2D eigenvalue weighted by atomic mass is 9.33. The molecule has 0 unspecified atom stereocenters. The minimum atomic E-state index is -0.358. The average molecular weight is 220 g/mol. The zero-order valence-electron chi connectivity index (χ0n) is 8.92. The number of methoxy groups -OCH3 is 1. The van der Waals surface area contributed by atoms with Gasteiger partial charge in [-0.3, -0.25) is 4.79 Å². The van der Waals surface area contributed by atoms with Crippen molar-refractivity contribution < 1.29 is 9.53 Å². The minimum Gasteiger partial charge on any atom is -0.469 e. The molecule has 0 heterocycles. The van der Waals surface area contributed by atoms with E-state index in [0.29, 0.717) is 0 Å². The van der Waals surface area contributed by atoms with Crippen LogP contribution in [0.25, 0.3) is 0 Å². The van der Waals surface area contributed by atoms with Gasteiger partial charge in [-0.05, 0) is 38.5 Å². The lowest BCUT2D eigenvalue weighted by molar-refractivity contribution is -0.219. The molecule has 0 radical (unpaired) electrons. The second kappa shape index (κ2) is 2.86. The molecule has 0 aliphatic heterocycles. The third kappa shape index (κ3) is 1.12. The van der Waals surface area contributed by atoms with Crippen molar-refractivity contribution in [1.82, 2.24) is 0 Å². The molecule has 0 aromatic heterocycles. The van der Waals surface area contributed by atoms with Gasteiger partial charge < -0.3 is 10.5 Å². The highest BCUT2D eigenvalue weighted by molar-refractivity contribution is 5.85. The maximum absolute atomic E-state index is 11.5. The number of esters is 1. The maximum Gasteiger partial charge on any atom is 0.311 e. The summed E-state index contributed by atoms with van der Waals surface area (Å²) in [6, 6.07) is 0. The van der Waals surface area contributed by atoms with Crippen molar-refractivity contribution in [3.63, 3.8) is 0 Å². The van der Waals surface area contributed by atoms with Crippen LogP contribution in [0.15, 0.2) is 0 Å². The maximum atomic E-state index is 11.5. The van der Waals surface area contributed by atoms with Crippen LogP contribution < -0.4 is 5.73 Å². The summed E-state index contributed by atoms with van der Waals surface area (Å²) >= 11 is 0. The van der Waals surface area contributed by atoms with E-state index in [9.17, 15) is 4.79 Å². The number of carbonyl (C=O) groups excluding carboxylic acids is 1. The molecule has 3 aliphatic carbocycles. The second-order valence-electron chi connectivity index (χ2n) is 5.29. The lowest BCUT2D eigenvalue weighted by Gasteiger charge is -2.73. The molecule has 0 aromatic carbocycles. The van der Waals surface area contributed by atoms with Crippen LogP contribution in [-0.4, -0.2) is 18.6 Å². The molecule has 0 saturated heterocycles. The molecule has 4 heteroatoms. The normalized spacial score (nSPS) is 38.9. The van der Waals surface area contributed by atoms with E-state index >= 15 is 0 Å². The van der Waals surface area contributed by atoms with Crippen LogP contribution in [0, 0.1) is 10.8 Å². The van der Waals surface area contributed by atoms with E-state index in [1.807, 2.05) is 13.8 Å². The van der Waals surface area contributed by atoms with Gasteiger partial charge >= 0.3 is 5.97 Å². The van der Waals surface area contributed by atoms with Crippen molar-refractivity contribution in [3.8, 4) is 0 Å². The van der Waals surface area contributed by atoms with Crippen molar-refractivity contribution in [1.29, 1.82) is 0 Å². The number of halogens is 1. The first-order chi connectivity index (χ1) is 5.85. The van der Waals surface area contributed by atoms with Gasteiger partial charge in [0.25, 0.3) is 0 Å². The van der Waals surface area contributed by atoms with E-state index in [0.717, 1.165) is 19.3 Å². The molecule has 0 aromatic rings. The van der Waals surface area contributed by atoms with E-state index in [2.05, 4.69) is 0 Å². The molecule has 82 valence electrons. The first-order valence-electron chi connectivity index (χ1n) is 4.73. The zero-order valence-corrected chi connectivity index (χ0v) is 9.74. The molecule has 0 atom stereocenters. The van der Waals surface area contributed by atoms with Gasteiger partial charge in [-0.1, -0.05) is 0 Å². The first kappa shape index (κ1) is 11.8. The van der Waals surface area contributed by atoms with E-state index in [1.54, 1.807) is 0 Å². The average Bonchev–Trinajstić information content (AvgIpc) is 1.94. The van der Waals surface area contributed by atoms with Crippen molar-refractivity contribution in [2.24, 2.45) is 16.6 Å². The number of rotatable bonds is 2. The molecule has 3 rings (SSSR count). The van der Waals surface area contributed by atoms with Gasteiger partial charge in [0, 0.05) is 5.54 Å². The predicted molar refractivity (Wildman–Crippen MR) is 56.2 cm³/mol. The SMILES string of the molecule is COC(=O)C(C)(C)C12CC(N)(C1)C2.Cl. The summed E-state index contributed by atoms with van der Waals surface area (Å²) < 4.78 is 4.81. The number of nitrogens with two attached hydrogens (primary N) is 1. The molecular formula is C10H18ClNO2. The van der Waals surface area contributed by atoms with Crippen molar-refractivity contribution in [3.05, 3.63) is 0 Å². The fourth-order valence-electron chi connectivity index (χ4n) is 3.00. The van der Waals surface area contributed by atoms with Crippen LogP contribution >= 0.6 is 12.4 Å². The van der Waals surface area contributed by atoms with Crippen LogP contribution in [-0.2, 0) is 9.53 Å². The van der Waals surface area contributed by atoms with Crippen LogP contribution in [0.4, 0.5) is 0 Å². The predicted octanol–water partition coefficient (Wildman–Crippen LogP) is 1.49. The number of ether oxygens (including phenoxy) is 1. The van der Waals surface area contributed by atoms with E-state index in [-0.39, 0.29) is 34.7 Å². The smallest absolute Gasteiger partial charge is 0.311 e. The molecule has 3 nitrogen and oxygen atoms in total. The van der Waals surface area contributed by atoms with Gasteiger partial charge in [0.05, 0.1) is 12.5 Å². The summed E-state index contributed by atoms with van der Waals surface area (Å²) in [6.07, 6.45) is 2.96. The monoisotopic (exact) mass is 219 g/mol. The highest BCUT2D eigenvalue weighted by Gasteiger charge is 2.73. The number of carbonyl (C=O) groups is 1. The van der Waals surface area contributed by atoms with E-state index < -0.39 is 0 Å². The molecule has 3 saturated carbocycles. The molecule has 0 spiro atoms. The fraction of sp³-hybridized carbons (Fsp3) is 0.900.